The number of halogens is 2. The Morgan fingerprint density at radius 3 is 2.82 bits per heavy atom. The summed E-state index contributed by atoms with van der Waals surface area (Å²) in [6.07, 6.45) is 0.0980. The molecule has 1 aromatic rings. The van der Waals surface area contributed by atoms with Gasteiger partial charge in [0.15, 0.2) is 0 Å². The van der Waals surface area contributed by atoms with Crippen molar-refractivity contribution in [3.8, 4) is 0 Å². The number of hydrogen-bond donors (Lipinski definition) is 1. The molecular weight excluding hydrogens is 289 g/mol. The quantitative estimate of drug-likeness (QED) is 0.878. The van der Waals surface area contributed by atoms with Crippen LogP contribution in [0.15, 0.2) is 22.7 Å². The molecule has 0 aliphatic rings. The molecule has 0 unspecified atom stereocenters. The molecule has 1 N–H and O–H groups in total. The van der Waals surface area contributed by atoms with Gasteiger partial charge in [-0.1, -0.05) is 19.1 Å². The highest BCUT2D eigenvalue weighted by atomic mass is 79.9. The summed E-state index contributed by atoms with van der Waals surface area (Å²) >= 11 is 3.20. The monoisotopic (exact) mass is 303 g/mol. The Labute approximate surface area is 108 Å². The zero-order valence-electron chi connectivity index (χ0n) is 9.62. The molecule has 94 valence electrons. The second-order valence-electron chi connectivity index (χ2n) is 3.73. The first-order valence-corrected chi connectivity index (χ1v) is 6.21. The first-order valence-electron chi connectivity index (χ1n) is 5.41. The van der Waals surface area contributed by atoms with Crippen molar-refractivity contribution >= 4 is 21.9 Å². The molecule has 5 heteroatoms. The molecule has 17 heavy (non-hydrogen) atoms. The molecular formula is C12H15BrFNO2. The van der Waals surface area contributed by atoms with Crippen molar-refractivity contribution in [2.24, 2.45) is 0 Å². The Morgan fingerprint density at radius 2 is 2.24 bits per heavy atom. The third kappa shape index (κ3) is 4.44. The number of carboxylic acids is 1. The van der Waals surface area contributed by atoms with Gasteiger partial charge in [0.2, 0.25) is 0 Å². The van der Waals surface area contributed by atoms with Crippen LogP contribution in [0.5, 0.6) is 0 Å². The Hall–Kier alpha value is -0.940. The summed E-state index contributed by atoms with van der Waals surface area (Å²) in [6, 6.07) is 4.87. The lowest BCUT2D eigenvalue weighted by molar-refractivity contribution is -0.137. The third-order valence-corrected chi connectivity index (χ3v) is 3.40. The Morgan fingerprint density at radius 1 is 1.53 bits per heavy atom. The highest BCUT2D eigenvalue weighted by Crippen LogP contribution is 2.21. The van der Waals surface area contributed by atoms with E-state index in [2.05, 4.69) is 15.9 Å². The number of aliphatic carboxylic acids is 1. The summed E-state index contributed by atoms with van der Waals surface area (Å²) in [6.45, 7) is 3.70. The van der Waals surface area contributed by atoms with Crippen molar-refractivity contribution in [2.75, 3.05) is 13.1 Å². The molecule has 0 atom stereocenters. The van der Waals surface area contributed by atoms with Gasteiger partial charge in [0, 0.05) is 13.1 Å². The summed E-state index contributed by atoms with van der Waals surface area (Å²) in [5.41, 5.74) is 0.831. The fraction of sp³-hybridized carbons (Fsp3) is 0.417. The van der Waals surface area contributed by atoms with Crippen LogP contribution in [0.1, 0.15) is 18.9 Å². The Bertz CT molecular complexity index is 398. The lowest BCUT2D eigenvalue weighted by atomic mass is 10.2. The van der Waals surface area contributed by atoms with E-state index in [9.17, 15) is 9.18 Å². The molecule has 0 amide bonds. The Balaban J connectivity index is 2.67. The second-order valence-corrected chi connectivity index (χ2v) is 4.52. The van der Waals surface area contributed by atoms with E-state index in [1.165, 1.54) is 6.07 Å². The molecule has 0 heterocycles. The molecule has 1 aromatic carbocycles. The minimum Gasteiger partial charge on any atom is -0.481 e. The predicted molar refractivity (Wildman–Crippen MR) is 67.3 cm³/mol. The number of rotatable bonds is 6. The molecule has 0 saturated carbocycles. The van der Waals surface area contributed by atoms with Gasteiger partial charge >= 0.3 is 5.97 Å². The largest absolute Gasteiger partial charge is 0.481 e. The Kier molecular flexibility index (Phi) is 5.58. The van der Waals surface area contributed by atoms with Crippen LogP contribution in [0.2, 0.25) is 0 Å². The molecule has 0 aliphatic carbocycles. The van der Waals surface area contributed by atoms with E-state index in [4.69, 9.17) is 5.11 Å². The first-order chi connectivity index (χ1) is 8.04. The zero-order valence-corrected chi connectivity index (χ0v) is 11.2. The molecule has 0 aliphatic heterocycles. The summed E-state index contributed by atoms with van der Waals surface area (Å²) in [5, 5.41) is 8.63. The number of carbonyl (C=O) groups is 1. The van der Waals surface area contributed by atoms with Gasteiger partial charge in [0.05, 0.1) is 10.9 Å². The fourth-order valence-corrected chi connectivity index (χ4v) is 1.90. The number of benzene rings is 1. The van der Waals surface area contributed by atoms with Gasteiger partial charge in [-0.3, -0.25) is 9.69 Å². The molecule has 0 aromatic heterocycles. The fourth-order valence-electron chi connectivity index (χ4n) is 1.51. The van der Waals surface area contributed by atoms with Crippen LogP contribution in [0.3, 0.4) is 0 Å². The van der Waals surface area contributed by atoms with Crippen LogP contribution < -0.4 is 0 Å². The van der Waals surface area contributed by atoms with Gasteiger partial charge < -0.3 is 5.11 Å². The highest BCUT2D eigenvalue weighted by Gasteiger charge is 2.10. The minimum atomic E-state index is -0.818. The van der Waals surface area contributed by atoms with E-state index < -0.39 is 5.97 Å². The van der Waals surface area contributed by atoms with Crippen LogP contribution in [-0.4, -0.2) is 29.1 Å². The second kappa shape index (κ2) is 6.71. The number of carboxylic acid groups (broad SMARTS) is 1. The zero-order chi connectivity index (χ0) is 12.8. The number of nitrogens with zero attached hydrogens (tertiary/aromatic N) is 1. The van der Waals surface area contributed by atoms with E-state index in [0.29, 0.717) is 17.6 Å². The first kappa shape index (κ1) is 14.1. The summed E-state index contributed by atoms with van der Waals surface area (Å²) in [5.74, 6) is -1.11. The van der Waals surface area contributed by atoms with Crippen molar-refractivity contribution in [3.63, 3.8) is 0 Å². The van der Waals surface area contributed by atoms with Gasteiger partial charge in [-0.05, 0) is 34.1 Å². The molecule has 0 radical (unpaired) electrons. The van der Waals surface area contributed by atoms with Gasteiger partial charge in [0.1, 0.15) is 5.82 Å². The summed E-state index contributed by atoms with van der Waals surface area (Å²) in [7, 11) is 0. The molecule has 0 bridgehead atoms. The molecule has 0 saturated heterocycles. The van der Waals surface area contributed by atoms with E-state index in [0.717, 1.165) is 12.1 Å². The summed E-state index contributed by atoms with van der Waals surface area (Å²) < 4.78 is 13.7. The van der Waals surface area contributed by atoms with Crippen LogP contribution >= 0.6 is 15.9 Å². The summed E-state index contributed by atoms with van der Waals surface area (Å²) in [4.78, 5) is 12.5. The average Bonchev–Trinajstić information content (AvgIpc) is 2.29. The smallest absolute Gasteiger partial charge is 0.304 e. The van der Waals surface area contributed by atoms with E-state index in [-0.39, 0.29) is 12.2 Å². The lowest BCUT2D eigenvalue weighted by Crippen LogP contribution is -2.26. The SMILES string of the molecule is CCN(CCC(=O)O)Cc1cccc(F)c1Br. The highest BCUT2D eigenvalue weighted by molar-refractivity contribution is 9.10. The minimum absolute atomic E-state index is 0.0980. The van der Waals surface area contributed by atoms with Gasteiger partial charge in [-0.25, -0.2) is 4.39 Å². The maximum absolute atomic E-state index is 13.3. The van der Waals surface area contributed by atoms with Crippen LogP contribution in [-0.2, 0) is 11.3 Å². The molecule has 1 rings (SSSR count). The third-order valence-electron chi connectivity index (χ3n) is 2.51. The van der Waals surface area contributed by atoms with Crippen molar-refractivity contribution in [1.29, 1.82) is 0 Å². The van der Waals surface area contributed by atoms with Crippen LogP contribution in [0, 0.1) is 5.82 Å². The average molecular weight is 304 g/mol. The van der Waals surface area contributed by atoms with Crippen LogP contribution in [0.4, 0.5) is 4.39 Å². The molecule has 3 nitrogen and oxygen atoms in total. The van der Waals surface area contributed by atoms with E-state index >= 15 is 0 Å². The van der Waals surface area contributed by atoms with Crippen molar-refractivity contribution in [3.05, 3.63) is 34.1 Å². The van der Waals surface area contributed by atoms with Gasteiger partial charge in [0.25, 0.3) is 0 Å². The maximum Gasteiger partial charge on any atom is 0.304 e. The van der Waals surface area contributed by atoms with Crippen molar-refractivity contribution in [2.45, 2.75) is 19.9 Å². The van der Waals surface area contributed by atoms with E-state index in [1.54, 1.807) is 6.07 Å². The maximum atomic E-state index is 13.3. The topological polar surface area (TPSA) is 40.5 Å². The van der Waals surface area contributed by atoms with E-state index in [1.807, 2.05) is 17.9 Å². The van der Waals surface area contributed by atoms with Crippen LogP contribution in [0.25, 0.3) is 0 Å². The van der Waals surface area contributed by atoms with Crippen molar-refractivity contribution in [1.82, 2.24) is 4.90 Å². The number of hydrogen-bond acceptors (Lipinski definition) is 2. The van der Waals surface area contributed by atoms with Gasteiger partial charge in [-0.2, -0.15) is 0 Å². The molecule has 0 fully saturated rings. The normalized spacial score (nSPS) is 10.8. The standard InChI is InChI=1S/C12H15BrFNO2/c1-2-15(7-6-11(16)17)8-9-4-3-5-10(14)12(9)13/h3-5H,2,6-8H2,1H3,(H,16,17). The predicted octanol–water partition coefficient (Wildman–Crippen LogP) is 2.88. The van der Waals surface area contributed by atoms with Gasteiger partial charge in [-0.15, -0.1) is 0 Å². The lowest BCUT2D eigenvalue weighted by Gasteiger charge is -2.20. The van der Waals surface area contributed by atoms with Crippen molar-refractivity contribution < 1.29 is 14.3 Å². The molecule has 0 spiro atoms.